The quantitative estimate of drug-likeness (QED) is 0.929. The van der Waals surface area contributed by atoms with Gasteiger partial charge in [-0.05, 0) is 29.7 Å². The molecule has 104 valence electrons. The van der Waals surface area contributed by atoms with Crippen LogP contribution in [0.3, 0.4) is 0 Å². The van der Waals surface area contributed by atoms with Crippen molar-refractivity contribution in [2.75, 3.05) is 13.2 Å². The van der Waals surface area contributed by atoms with Crippen LogP contribution in [0.15, 0.2) is 36.4 Å². The lowest BCUT2D eigenvalue weighted by Crippen LogP contribution is -2.17. The van der Waals surface area contributed by atoms with Gasteiger partial charge in [-0.2, -0.15) is 0 Å². The Bertz CT molecular complexity index is 629. The average Bonchev–Trinajstić information content (AvgIpc) is 2.97. The van der Waals surface area contributed by atoms with E-state index in [1.807, 2.05) is 24.3 Å². The summed E-state index contributed by atoms with van der Waals surface area (Å²) in [6, 6.07) is 11.0. The van der Waals surface area contributed by atoms with Crippen molar-refractivity contribution in [3.05, 3.63) is 42.0 Å². The Morgan fingerprint density at radius 2 is 2.15 bits per heavy atom. The van der Waals surface area contributed by atoms with Gasteiger partial charge in [-0.25, -0.2) is 4.79 Å². The van der Waals surface area contributed by atoms with E-state index >= 15 is 0 Å². The molecule has 1 aliphatic rings. The highest BCUT2D eigenvalue weighted by Crippen LogP contribution is 2.28. The van der Waals surface area contributed by atoms with Crippen molar-refractivity contribution in [1.82, 2.24) is 0 Å². The molecule has 1 aliphatic heterocycles. The summed E-state index contributed by atoms with van der Waals surface area (Å²) in [6.45, 7) is 1.16. The van der Waals surface area contributed by atoms with Crippen LogP contribution in [-0.2, 0) is 4.74 Å². The summed E-state index contributed by atoms with van der Waals surface area (Å²) in [6.07, 6.45) is 2.08. The number of carboxylic acids is 1. The Hall–Kier alpha value is -2.07. The predicted molar refractivity (Wildman–Crippen MR) is 75.4 cm³/mol. The van der Waals surface area contributed by atoms with Gasteiger partial charge >= 0.3 is 5.97 Å². The van der Waals surface area contributed by atoms with Crippen LogP contribution in [0.1, 0.15) is 23.2 Å². The number of fused-ring (bicyclic) bond motifs is 1. The number of hydrogen-bond donors (Lipinski definition) is 1. The number of aromatic carboxylic acids is 1. The molecule has 4 nitrogen and oxygen atoms in total. The molecule has 1 fully saturated rings. The second-order valence-electron chi connectivity index (χ2n) is 4.91. The summed E-state index contributed by atoms with van der Waals surface area (Å²) < 4.78 is 11.2. The molecule has 0 amide bonds. The topological polar surface area (TPSA) is 55.8 Å². The summed E-state index contributed by atoms with van der Waals surface area (Å²) in [7, 11) is 0. The van der Waals surface area contributed by atoms with E-state index in [9.17, 15) is 9.90 Å². The Balaban J connectivity index is 1.92. The van der Waals surface area contributed by atoms with Crippen LogP contribution in [0.2, 0.25) is 0 Å². The first-order chi connectivity index (χ1) is 9.75. The largest absolute Gasteiger partial charge is 0.490 e. The van der Waals surface area contributed by atoms with Gasteiger partial charge in [0.15, 0.2) is 0 Å². The van der Waals surface area contributed by atoms with Gasteiger partial charge in [0.05, 0.1) is 6.10 Å². The molecule has 20 heavy (non-hydrogen) atoms. The van der Waals surface area contributed by atoms with Gasteiger partial charge in [0.2, 0.25) is 0 Å². The smallest absolute Gasteiger partial charge is 0.340 e. The van der Waals surface area contributed by atoms with E-state index in [4.69, 9.17) is 9.47 Å². The first-order valence-corrected chi connectivity index (χ1v) is 6.75. The Kier molecular flexibility index (Phi) is 3.56. The van der Waals surface area contributed by atoms with Gasteiger partial charge in [0, 0.05) is 6.61 Å². The van der Waals surface area contributed by atoms with Gasteiger partial charge in [-0.1, -0.05) is 30.3 Å². The molecule has 0 spiro atoms. The molecule has 0 radical (unpaired) electrons. The fourth-order valence-corrected chi connectivity index (χ4v) is 2.55. The van der Waals surface area contributed by atoms with Gasteiger partial charge < -0.3 is 14.6 Å². The number of hydrogen-bond acceptors (Lipinski definition) is 3. The number of carbonyl (C=O) groups is 1. The predicted octanol–water partition coefficient (Wildman–Crippen LogP) is 3.10. The average molecular weight is 272 g/mol. The molecule has 1 saturated heterocycles. The Labute approximate surface area is 116 Å². The van der Waals surface area contributed by atoms with Crippen molar-refractivity contribution in [2.24, 2.45) is 0 Å². The number of benzene rings is 2. The normalized spacial score (nSPS) is 18.3. The molecule has 0 saturated carbocycles. The third-order valence-electron chi connectivity index (χ3n) is 3.55. The molecule has 2 aromatic rings. The second-order valence-corrected chi connectivity index (χ2v) is 4.91. The third-order valence-corrected chi connectivity index (χ3v) is 3.55. The summed E-state index contributed by atoms with van der Waals surface area (Å²) >= 11 is 0. The molecule has 3 rings (SSSR count). The molecule has 4 heteroatoms. The first-order valence-electron chi connectivity index (χ1n) is 6.75. The van der Waals surface area contributed by atoms with E-state index in [0.717, 1.165) is 24.8 Å². The van der Waals surface area contributed by atoms with E-state index in [0.29, 0.717) is 17.7 Å². The molecule has 0 aliphatic carbocycles. The zero-order valence-electron chi connectivity index (χ0n) is 11.0. The number of ether oxygens (including phenoxy) is 2. The van der Waals surface area contributed by atoms with Gasteiger partial charge in [-0.15, -0.1) is 0 Å². The van der Waals surface area contributed by atoms with Crippen LogP contribution >= 0.6 is 0 Å². The van der Waals surface area contributed by atoms with Crippen molar-refractivity contribution in [3.63, 3.8) is 0 Å². The summed E-state index contributed by atoms with van der Waals surface area (Å²) in [5.74, 6) is -0.559. The van der Waals surface area contributed by atoms with E-state index in [1.165, 1.54) is 0 Å². The lowest BCUT2D eigenvalue weighted by atomic mass is 10.0. The van der Waals surface area contributed by atoms with Crippen LogP contribution in [-0.4, -0.2) is 30.4 Å². The molecule has 1 unspecified atom stereocenters. The third kappa shape index (κ3) is 2.47. The first kappa shape index (κ1) is 12.9. The minimum Gasteiger partial charge on any atom is -0.490 e. The van der Waals surface area contributed by atoms with Crippen LogP contribution in [0.5, 0.6) is 5.75 Å². The van der Waals surface area contributed by atoms with Crippen molar-refractivity contribution in [1.29, 1.82) is 0 Å². The van der Waals surface area contributed by atoms with Crippen molar-refractivity contribution in [3.8, 4) is 5.75 Å². The summed E-state index contributed by atoms with van der Waals surface area (Å²) in [5, 5.41) is 11.0. The monoisotopic (exact) mass is 272 g/mol. The van der Waals surface area contributed by atoms with E-state index in [2.05, 4.69) is 0 Å². The minimum absolute atomic E-state index is 0.0723. The molecule has 0 aromatic heterocycles. The van der Waals surface area contributed by atoms with Crippen LogP contribution in [0.4, 0.5) is 0 Å². The van der Waals surface area contributed by atoms with E-state index in [-0.39, 0.29) is 11.7 Å². The van der Waals surface area contributed by atoms with Crippen molar-refractivity contribution >= 4 is 16.7 Å². The molecular formula is C16H16O4. The highest BCUT2D eigenvalue weighted by molar-refractivity contribution is 6.06. The minimum atomic E-state index is -0.968. The van der Waals surface area contributed by atoms with E-state index in [1.54, 1.807) is 12.1 Å². The van der Waals surface area contributed by atoms with Crippen molar-refractivity contribution in [2.45, 2.75) is 18.9 Å². The molecular weight excluding hydrogens is 256 g/mol. The van der Waals surface area contributed by atoms with Gasteiger partial charge in [0.25, 0.3) is 0 Å². The van der Waals surface area contributed by atoms with Crippen LogP contribution in [0.25, 0.3) is 10.8 Å². The summed E-state index contributed by atoms with van der Waals surface area (Å²) in [4.78, 5) is 11.5. The lowest BCUT2D eigenvalue weighted by Gasteiger charge is -2.14. The maximum atomic E-state index is 11.5. The SMILES string of the molecule is O=C(O)c1c(OCC2CCCO2)ccc2ccccc12. The maximum Gasteiger partial charge on any atom is 0.340 e. The molecule has 1 heterocycles. The molecule has 0 bridgehead atoms. The zero-order chi connectivity index (χ0) is 13.9. The fourth-order valence-electron chi connectivity index (χ4n) is 2.55. The van der Waals surface area contributed by atoms with Crippen molar-refractivity contribution < 1.29 is 19.4 Å². The Morgan fingerprint density at radius 3 is 2.90 bits per heavy atom. The van der Waals surface area contributed by atoms with Gasteiger partial charge in [-0.3, -0.25) is 0 Å². The second kappa shape index (κ2) is 5.51. The van der Waals surface area contributed by atoms with Gasteiger partial charge in [0.1, 0.15) is 17.9 Å². The lowest BCUT2D eigenvalue weighted by molar-refractivity contribution is 0.0632. The molecule has 2 aromatic carbocycles. The highest BCUT2D eigenvalue weighted by atomic mass is 16.5. The fraction of sp³-hybridized carbons (Fsp3) is 0.312. The van der Waals surface area contributed by atoms with E-state index < -0.39 is 5.97 Å². The number of carboxylic acid groups (broad SMARTS) is 1. The standard InChI is InChI=1S/C16H16O4/c17-16(18)15-13-6-2-1-4-11(13)7-8-14(15)20-10-12-5-3-9-19-12/h1-2,4,6-8,12H,3,5,9-10H2,(H,17,18). The molecule has 1 atom stereocenters. The molecule has 1 N–H and O–H groups in total. The highest BCUT2D eigenvalue weighted by Gasteiger charge is 2.19. The van der Waals surface area contributed by atoms with Crippen LogP contribution < -0.4 is 4.74 Å². The zero-order valence-corrected chi connectivity index (χ0v) is 11.0. The maximum absolute atomic E-state index is 11.5. The number of rotatable bonds is 4. The summed E-state index contributed by atoms with van der Waals surface area (Å²) in [5.41, 5.74) is 0.223. The Morgan fingerprint density at radius 1 is 1.30 bits per heavy atom. The van der Waals surface area contributed by atoms with Crippen LogP contribution in [0, 0.1) is 0 Å².